The lowest BCUT2D eigenvalue weighted by atomic mass is 10.2. The van der Waals surface area contributed by atoms with Crippen LogP contribution in [-0.4, -0.2) is 55.5 Å². The number of carbonyl (C=O) groups excluding carboxylic acids is 1. The van der Waals surface area contributed by atoms with E-state index in [0.29, 0.717) is 36.8 Å². The summed E-state index contributed by atoms with van der Waals surface area (Å²) in [6.45, 7) is 5.28. The largest absolute Gasteiger partial charge is 0.339 e. The average Bonchev–Trinajstić information content (AvgIpc) is 2.66. The summed E-state index contributed by atoms with van der Waals surface area (Å²) in [5.74, 6) is 0.417. The van der Waals surface area contributed by atoms with Crippen molar-refractivity contribution in [3.8, 4) is 0 Å². The van der Waals surface area contributed by atoms with Gasteiger partial charge in [-0.2, -0.15) is 4.31 Å². The number of rotatable bonds is 5. The van der Waals surface area contributed by atoms with E-state index >= 15 is 0 Å². The van der Waals surface area contributed by atoms with Gasteiger partial charge in [-0.25, -0.2) is 8.42 Å². The van der Waals surface area contributed by atoms with Gasteiger partial charge in [0, 0.05) is 31.1 Å². The van der Waals surface area contributed by atoms with Gasteiger partial charge in [0.05, 0.1) is 10.6 Å². The van der Waals surface area contributed by atoms with E-state index in [-0.39, 0.29) is 5.91 Å². The first kappa shape index (κ1) is 19.9. The fraction of sp³-hybridized carbons (Fsp3) is 0.350. The number of carbonyl (C=O) groups is 1. The zero-order chi connectivity index (χ0) is 19.4. The predicted molar refractivity (Wildman–Crippen MR) is 108 cm³/mol. The van der Waals surface area contributed by atoms with Crippen LogP contribution < -0.4 is 0 Å². The van der Waals surface area contributed by atoms with Crippen LogP contribution in [0.3, 0.4) is 0 Å². The lowest BCUT2D eigenvalue weighted by Crippen LogP contribution is -2.51. The summed E-state index contributed by atoms with van der Waals surface area (Å²) in [4.78, 5) is 15.6. The zero-order valence-corrected chi connectivity index (χ0v) is 17.2. The minimum atomic E-state index is -3.52. The molecule has 0 saturated carbocycles. The first-order valence-electron chi connectivity index (χ1n) is 8.91. The first-order valence-corrected chi connectivity index (χ1v) is 11.3. The van der Waals surface area contributed by atoms with Crippen LogP contribution in [0, 0.1) is 13.8 Å². The molecule has 0 radical (unpaired) electrons. The molecule has 1 aliphatic heterocycles. The maximum Gasteiger partial charge on any atom is 0.243 e. The van der Waals surface area contributed by atoms with Crippen LogP contribution in [0.25, 0.3) is 0 Å². The Hall–Kier alpha value is -1.83. The molecule has 27 heavy (non-hydrogen) atoms. The molecule has 1 fully saturated rings. The van der Waals surface area contributed by atoms with Gasteiger partial charge < -0.3 is 4.90 Å². The van der Waals surface area contributed by atoms with Crippen molar-refractivity contribution in [3.05, 3.63) is 59.7 Å². The second-order valence-corrected chi connectivity index (χ2v) is 9.61. The fourth-order valence-electron chi connectivity index (χ4n) is 3.16. The minimum Gasteiger partial charge on any atom is -0.339 e. The number of amides is 1. The van der Waals surface area contributed by atoms with Crippen LogP contribution in [0.5, 0.6) is 0 Å². The number of thioether (sulfide) groups is 1. The Balaban J connectivity index is 1.58. The highest BCUT2D eigenvalue weighted by molar-refractivity contribution is 8.00. The van der Waals surface area contributed by atoms with Crippen LogP contribution in [-0.2, 0) is 14.8 Å². The van der Waals surface area contributed by atoms with E-state index in [2.05, 4.69) is 0 Å². The molecule has 1 saturated heterocycles. The van der Waals surface area contributed by atoms with Gasteiger partial charge in [0.25, 0.3) is 0 Å². The van der Waals surface area contributed by atoms with Crippen molar-refractivity contribution < 1.29 is 13.2 Å². The number of piperazine rings is 1. The van der Waals surface area contributed by atoms with Crippen molar-refractivity contribution in [2.45, 2.75) is 23.6 Å². The SMILES string of the molecule is Cc1ccc(S(=O)(=O)N2CCN(C(=O)CSc3ccccc3)CC2)c(C)c1. The van der Waals surface area contributed by atoms with Crippen LogP contribution >= 0.6 is 11.8 Å². The number of sulfonamides is 1. The highest BCUT2D eigenvalue weighted by Crippen LogP contribution is 2.23. The van der Waals surface area contributed by atoms with Gasteiger partial charge in [0.15, 0.2) is 0 Å². The summed E-state index contributed by atoms with van der Waals surface area (Å²) in [7, 11) is -3.52. The third-order valence-electron chi connectivity index (χ3n) is 4.65. The van der Waals surface area contributed by atoms with E-state index in [0.717, 1.165) is 16.0 Å². The molecule has 1 amide bonds. The van der Waals surface area contributed by atoms with Crippen LogP contribution in [0.1, 0.15) is 11.1 Å². The van der Waals surface area contributed by atoms with Crippen LogP contribution in [0.4, 0.5) is 0 Å². The molecule has 0 bridgehead atoms. The third-order valence-corrected chi connectivity index (χ3v) is 7.70. The molecule has 1 heterocycles. The standard InChI is InChI=1S/C20H24N2O3S2/c1-16-8-9-19(17(2)14-16)27(24,25)22-12-10-21(11-13-22)20(23)15-26-18-6-4-3-5-7-18/h3-9,14H,10-13,15H2,1-2H3. The molecule has 5 nitrogen and oxygen atoms in total. The summed E-state index contributed by atoms with van der Waals surface area (Å²) in [6, 6.07) is 15.2. The Labute approximate surface area is 165 Å². The Morgan fingerprint density at radius 2 is 1.67 bits per heavy atom. The van der Waals surface area contributed by atoms with E-state index < -0.39 is 10.0 Å². The van der Waals surface area contributed by atoms with Crippen molar-refractivity contribution in [3.63, 3.8) is 0 Å². The predicted octanol–water partition coefficient (Wildman–Crippen LogP) is 2.93. The van der Waals surface area contributed by atoms with Gasteiger partial charge in [0.1, 0.15) is 0 Å². The normalized spacial score (nSPS) is 15.7. The molecule has 0 aliphatic carbocycles. The number of benzene rings is 2. The van der Waals surface area contributed by atoms with E-state index in [4.69, 9.17) is 0 Å². The molecule has 144 valence electrons. The Morgan fingerprint density at radius 3 is 2.30 bits per heavy atom. The Morgan fingerprint density at radius 1 is 1.00 bits per heavy atom. The van der Waals surface area contributed by atoms with Gasteiger partial charge in [-0.15, -0.1) is 11.8 Å². The Kier molecular flexibility index (Phi) is 6.24. The zero-order valence-electron chi connectivity index (χ0n) is 15.6. The topological polar surface area (TPSA) is 57.7 Å². The monoisotopic (exact) mass is 404 g/mol. The lowest BCUT2D eigenvalue weighted by molar-refractivity contribution is -0.129. The van der Waals surface area contributed by atoms with Gasteiger partial charge >= 0.3 is 0 Å². The molecule has 0 atom stereocenters. The van der Waals surface area contributed by atoms with Gasteiger partial charge in [0.2, 0.25) is 15.9 Å². The van der Waals surface area contributed by atoms with Gasteiger partial charge in [-0.1, -0.05) is 35.9 Å². The molecule has 2 aromatic rings. The van der Waals surface area contributed by atoms with Crippen LogP contribution in [0.15, 0.2) is 58.3 Å². The molecule has 0 aromatic heterocycles. The molecule has 1 aliphatic rings. The van der Waals surface area contributed by atoms with Crippen LogP contribution in [0.2, 0.25) is 0 Å². The quantitative estimate of drug-likeness (QED) is 0.719. The molecular weight excluding hydrogens is 380 g/mol. The molecule has 0 spiro atoms. The smallest absolute Gasteiger partial charge is 0.243 e. The number of aryl methyl sites for hydroxylation is 2. The average molecular weight is 405 g/mol. The van der Waals surface area contributed by atoms with E-state index in [1.807, 2.05) is 56.3 Å². The second-order valence-electron chi connectivity index (χ2n) is 6.66. The maximum atomic E-state index is 12.9. The summed E-state index contributed by atoms with van der Waals surface area (Å²) in [5.41, 5.74) is 1.80. The van der Waals surface area contributed by atoms with E-state index in [1.54, 1.807) is 11.0 Å². The van der Waals surface area contributed by atoms with Gasteiger partial charge in [-0.05, 0) is 37.6 Å². The molecule has 0 N–H and O–H groups in total. The molecule has 3 rings (SSSR count). The van der Waals surface area contributed by atoms with Crippen molar-refractivity contribution in [2.75, 3.05) is 31.9 Å². The summed E-state index contributed by atoms with van der Waals surface area (Å²) in [6.07, 6.45) is 0. The first-order chi connectivity index (χ1) is 12.9. The summed E-state index contributed by atoms with van der Waals surface area (Å²) >= 11 is 1.51. The van der Waals surface area contributed by atoms with Gasteiger partial charge in [-0.3, -0.25) is 4.79 Å². The van der Waals surface area contributed by atoms with E-state index in [9.17, 15) is 13.2 Å². The number of hydrogen-bond donors (Lipinski definition) is 0. The molecule has 2 aromatic carbocycles. The molecular formula is C20H24N2O3S2. The summed E-state index contributed by atoms with van der Waals surface area (Å²) in [5, 5.41) is 0. The number of hydrogen-bond acceptors (Lipinski definition) is 4. The highest BCUT2D eigenvalue weighted by atomic mass is 32.2. The third kappa shape index (κ3) is 4.72. The lowest BCUT2D eigenvalue weighted by Gasteiger charge is -2.34. The fourth-order valence-corrected chi connectivity index (χ4v) is 5.61. The summed E-state index contributed by atoms with van der Waals surface area (Å²) < 4.78 is 27.3. The number of nitrogens with zero attached hydrogens (tertiary/aromatic N) is 2. The van der Waals surface area contributed by atoms with Crippen molar-refractivity contribution in [1.82, 2.24) is 9.21 Å². The van der Waals surface area contributed by atoms with E-state index in [1.165, 1.54) is 16.1 Å². The van der Waals surface area contributed by atoms with Crippen molar-refractivity contribution in [2.24, 2.45) is 0 Å². The molecule has 0 unspecified atom stereocenters. The van der Waals surface area contributed by atoms with Crippen molar-refractivity contribution >= 4 is 27.7 Å². The maximum absolute atomic E-state index is 12.9. The molecule has 7 heteroatoms. The Bertz CT molecular complexity index is 906. The second kappa shape index (κ2) is 8.46. The highest BCUT2D eigenvalue weighted by Gasteiger charge is 2.30. The van der Waals surface area contributed by atoms with Crippen molar-refractivity contribution in [1.29, 1.82) is 0 Å². The minimum absolute atomic E-state index is 0.0485.